The van der Waals surface area contributed by atoms with Crippen LogP contribution >= 0.6 is 0 Å². The molecule has 0 aromatic carbocycles. The van der Waals surface area contributed by atoms with Crippen molar-refractivity contribution in [2.75, 3.05) is 6.54 Å². The Morgan fingerprint density at radius 3 is 2.73 bits per heavy atom. The summed E-state index contributed by atoms with van der Waals surface area (Å²) in [5.74, 6) is -0.146. The van der Waals surface area contributed by atoms with E-state index in [2.05, 4.69) is 10.5 Å². The van der Waals surface area contributed by atoms with E-state index >= 15 is 0 Å². The fraction of sp³-hybridized carbons (Fsp3) is 0.400. The highest BCUT2D eigenvalue weighted by Crippen LogP contribution is 2.20. The lowest BCUT2D eigenvalue weighted by Gasteiger charge is -2.02. The van der Waals surface area contributed by atoms with E-state index in [4.69, 9.17) is 14.0 Å². The van der Waals surface area contributed by atoms with Gasteiger partial charge in [0.1, 0.15) is 0 Å². The number of hydrogen-bond acceptors (Lipinski definition) is 5. The van der Waals surface area contributed by atoms with Crippen LogP contribution in [0.4, 0.5) is 0 Å². The van der Waals surface area contributed by atoms with Gasteiger partial charge in [0.15, 0.2) is 11.5 Å². The molecular formula is C15H18N2O5. The number of aromatic nitrogens is 1. The maximum absolute atomic E-state index is 11.9. The summed E-state index contributed by atoms with van der Waals surface area (Å²) in [6.45, 7) is 0.523. The van der Waals surface area contributed by atoms with E-state index in [-0.39, 0.29) is 18.0 Å². The number of amides is 1. The number of carboxylic acids is 1. The molecule has 1 amide bonds. The van der Waals surface area contributed by atoms with Gasteiger partial charge < -0.3 is 19.4 Å². The predicted molar refractivity (Wildman–Crippen MR) is 77.3 cm³/mol. The molecule has 2 rings (SSSR count). The topological polar surface area (TPSA) is 106 Å². The van der Waals surface area contributed by atoms with Crippen molar-refractivity contribution in [1.82, 2.24) is 10.5 Å². The van der Waals surface area contributed by atoms with Crippen molar-refractivity contribution in [3.8, 4) is 11.5 Å². The van der Waals surface area contributed by atoms with Gasteiger partial charge in [-0.05, 0) is 25.0 Å². The van der Waals surface area contributed by atoms with Crippen LogP contribution in [0.25, 0.3) is 11.5 Å². The number of rotatable bonds is 9. The van der Waals surface area contributed by atoms with Crippen molar-refractivity contribution >= 4 is 11.9 Å². The molecule has 2 aromatic rings. The SMILES string of the molecule is O=C(O)CCCCCCNC(=O)c1cc(-c2ccco2)on1. The molecule has 0 fully saturated rings. The van der Waals surface area contributed by atoms with E-state index in [1.165, 1.54) is 12.3 Å². The quantitative estimate of drug-likeness (QED) is 0.690. The second-order valence-corrected chi connectivity index (χ2v) is 4.87. The normalized spacial score (nSPS) is 10.5. The summed E-state index contributed by atoms with van der Waals surface area (Å²) in [5.41, 5.74) is 0.206. The second-order valence-electron chi connectivity index (χ2n) is 4.87. The summed E-state index contributed by atoms with van der Waals surface area (Å²) < 4.78 is 10.2. The highest BCUT2D eigenvalue weighted by Gasteiger charge is 2.14. The van der Waals surface area contributed by atoms with Crippen LogP contribution in [-0.4, -0.2) is 28.7 Å². The molecule has 0 unspecified atom stereocenters. The van der Waals surface area contributed by atoms with Crippen LogP contribution in [0.3, 0.4) is 0 Å². The highest BCUT2D eigenvalue weighted by atomic mass is 16.5. The average molecular weight is 306 g/mol. The van der Waals surface area contributed by atoms with Crippen molar-refractivity contribution in [2.45, 2.75) is 32.1 Å². The van der Waals surface area contributed by atoms with Gasteiger partial charge in [0, 0.05) is 19.0 Å². The molecule has 0 saturated carbocycles. The Hall–Kier alpha value is -2.57. The summed E-state index contributed by atoms with van der Waals surface area (Å²) in [6, 6.07) is 4.97. The smallest absolute Gasteiger partial charge is 0.303 e. The van der Waals surface area contributed by atoms with Crippen LogP contribution in [0, 0.1) is 0 Å². The van der Waals surface area contributed by atoms with Crippen LogP contribution in [0.1, 0.15) is 42.6 Å². The first-order valence-corrected chi connectivity index (χ1v) is 7.17. The summed E-state index contributed by atoms with van der Waals surface area (Å²) in [5, 5.41) is 15.0. The Balaban J connectivity index is 1.66. The van der Waals surface area contributed by atoms with Crippen molar-refractivity contribution in [2.24, 2.45) is 0 Å². The molecule has 118 valence electrons. The van der Waals surface area contributed by atoms with Crippen molar-refractivity contribution in [3.63, 3.8) is 0 Å². The molecule has 0 saturated heterocycles. The summed E-state index contributed by atoms with van der Waals surface area (Å²) in [7, 11) is 0. The minimum atomic E-state index is -0.772. The minimum Gasteiger partial charge on any atom is -0.481 e. The number of nitrogens with one attached hydrogen (secondary N) is 1. The van der Waals surface area contributed by atoms with Crippen LogP contribution < -0.4 is 5.32 Å². The first kappa shape index (κ1) is 15.8. The summed E-state index contributed by atoms with van der Waals surface area (Å²) in [6.07, 6.45) is 4.90. The monoisotopic (exact) mass is 306 g/mol. The molecule has 22 heavy (non-hydrogen) atoms. The minimum absolute atomic E-state index is 0.195. The fourth-order valence-electron chi connectivity index (χ4n) is 1.96. The maximum atomic E-state index is 11.9. The summed E-state index contributed by atoms with van der Waals surface area (Å²) in [4.78, 5) is 22.2. The van der Waals surface area contributed by atoms with Gasteiger partial charge in [-0.3, -0.25) is 9.59 Å². The Morgan fingerprint density at radius 1 is 1.18 bits per heavy atom. The molecule has 7 heteroatoms. The Kier molecular flexibility index (Phi) is 5.76. The molecule has 0 aliphatic rings. The second kappa shape index (κ2) is 8.02. The van der Waals surface area contributed by atoms with Gasteiger partial charge in [0.25, 0.3) is 5.91 Å². The molecule has 0 spiro atoms. The van der Waals surface area contributed by atoms with Crippen LogP contribution in [-0.2, 0) is 4.79 Å². The number of furan rings is 1. The van der Waals surface area contributed by atoms with Gasteiger partial charge in [-0.25, -0.2) is 0 Å². The van der Waals surface area contributed by atoms with Crippen molar-refractivity contribution < 1.29 is 23.6 Å². The fourth-order valence-corrected chi connectivity index (χ4v) is 1.96. The molecule has 2 N–H and O–H groups in total. The Labute approximate surface area is 127 Å². The molecule has 0 atom stereocenters. The zero-order valence-corrected chi connectivity index (χ0v) is 12.1. The van der Waals surface area contributed by atoms with Gasteiger partial charge >= 0.3 is 5.97 Å². The lowest BCUT2D eigenvalue weighted by Crippen LogP contribution is -2.24. The zero-order chi connectivity index (χ0) is 15.8. The van der Waals surface area contributed by atoms with Gasteiger partial charge in [0.05, 0.1) is 6.26 Å². The molecular weight excluding hydrogens is 288 g/mol. The number of unbranched alkanes of at least 4 members (excludes halogenated alkanes) is 3. The van der Waals surface area contributed by atoms with E-state index in [1.54, 1.807) is 12.1 Å². The molecule has 0 radical (unpaired) electrons. The number of hydrogen-bond donors (Lipinski definition) is 2. The average Bonchev–Trinajstić information content (AvgIpc) is 3.16. The van der Waals surface area contributed by atoms with Crippen molar-refractivity contribution in [1.29, 1.82) is 0 Å². The van der Waals surface area contributed by atoms with Gasteiger partial charge in [-0.2, -0.15) is 0 Å². The molecule has 2 heterocycles. The largest absolute Gasteiger partial charge is 0.481 e. The number of carboxylic acid groups (broad SMARTS) is 1. The molecule has 0 aliphatic heterocycles. The van der Waals surface area contributed by atoms with Crippen molar-refractivity contribution in [3.05, 3.63) is 30.2 Å². The molecule has 7 nitrogen and oxygen atoms in total. The molecule has 0 bridgehead atoms. The number of carbonyl (C=O) groups is 2. The Bertz CT molecular complexity index is 603. The van der Waals surface area contributed by atoms with E-state index < -0.39 is 5.97 Å². The number of carbonyl (C=O) groups excluding carboxylic acids is 1. The lowest BCUT2D eigenvalue weighted by atomic mass is 10.1. The van der Waals surface area contributed by atoms with Gasteiger partial charge in [-0.15, -0.1) is 0 Å². The van der Waals surface area contributed by atoms with Crippen LogP contribution in [0.2, 0.25) is 0 Å². The van der Waals surface area contributed by atoms with E-state index in [9.17, 15) is 9.59 Å². The van der Waals surface area contributed by atoms with Gasteiger partial charge in [0.2, 0.25) is 5.76 Å². The molecule has 2 aromatic heterocycles. The Morgan fingerprint density at radius 2 is 2.00 bits per heavy atom. The first-order valence-electron chi connectivity index (χ1n) is 7.17. The first-order chi connectivity index (χ1) is 10.7. The standard InChI is InChI=1S/C15H18N2O5/c18-14(19)7-3-1-2-4-8-16-15(20)11-10-13(22-17-11)12-6-5-9-21-12/h5-6,9-10H,1-4,7-8H2,(H,16,20)(H,18,19). The number of nitrogens with zero attached hydrogens (tertiary/aromatic N) is 1. The summed E-state index contributed by atoms with van der Waals surface area (Å²) >= 11 is 0. The molecule has 0 aliphatic carbocycles. The predicted octanol–water partition coefficient (Wildman–Crippen LogP) is 2.70. The van der Waals surface area contributed by atoms with Crippen LogP contribution in [0.5, 0.6) is 0 Å². The lowest BCUT2D eigenvalue weighted by molar-refractivity contribution is -0.137. The van der Waals surface area contributed by atoms with E-state index in [0.29, 0.717) is 24.5 Å². The third kappa shape index (κ3) is 4.76. The van der Waals surface area contributed by atoms with E-state index in [1.807, 2.05) is 0 Å². The maximum Gasteiger partial charge on any atom is 0.303 e. The third-order valence-electron chi connectivity index (χ3n) is 3.11. The highest BCUT2D eigenvalue weighted by molar-refractivity contribution is 5.92. The van der Waals surface area contributed by atoms with Crippen LogP contribution in [0.15, 0.2) is 33.4 Å². The third-order valence-corrected chi connectivity index (χ3v) is 3.11. The zero-order valence-electron chi connectivity index (χ0n) is 12.1. The number of aliphatic carboxylic acids is 1. The van der Waals surface area contributed by atoms with Gasteiger partial charge in [-0.1, -0.05) is 18.0 Å². The van der Waals surface area contributed by atoms with E-state index in [0.717, 1.165) is 19.3 Å².